The second kappa shape index (κ2) is 3.87. The fourth-order valence-corrected chi connectivity index (χ4v) is 1.74. The van der Waals surface area contributed by atoms with Gasteiger partial charge in [0.2, 0.25) is 0 Å². The Kier molecular flexibility index (Phi) is 2.36. The van der Waals surface area contributed by atoms with Gasteiger partial charge in [0.25, 0.3) is 0 Å². The molecule has 1 fully saturated rings. The van der Waals surface area contributed by atoms with Gasteiger partial charge in [0.05, 0.1) is 29.7 Å². The number of nitrogens with zero attached hydrogens (tertiary/aromatic N) is 4. The molecule has 0 aliphatic heterocycles. The molecule has 1 aliphatic rings. The fourth-order valence-electron chi connectivity index (χ4n) is 1.60. The molecule has 0 amide bonds. The molecule has 2 aromatic heterocycles. The van der Waals surface area contributed by atoms with Gasteiger partial charge in [-0.05, 0) is 18.9 Å². The Morgan fingerprint density at radius 1 is 1.31 bits per heavy atom. The molecule has 1 aliphatic carbocycles. The summed E-state index contributed by atoms with van der Waals surface area (Å²) in [7, 11) is 0. The molecule has 2 heterocycles. The summed E-state index contributed by atoms with van der Waals surface area (Å²) in [6.45, 7) is 0. The highest BCUT2D eigenvalue weighted by molar-refractivity contribution is 6.16. The van der Waals surface area contributed by atoms with Crippen molar-refractivity contribution in [1.82, 2.24) is 19.7 Å². The van der Waals surface area contributed by atoms with E-state index in [2.05, 4.69) is 21.1 Å². The summed E-state index contributed by atoms with van der Waals surface area (Å²) in [6.07, 6.45) is 7.82. The first-order chi connectivity index (χ1) is 7.86. The normalized spacial score (nSPS) is 15.3. The summed E-state index contributed by atoms with van der Waals surface area (Å²) in [5.74, 6) is 1.79. The van der Waals surface area contributed by atoms with Crippen molar-refractivity contribution in [3.63, 3.8) is 0 Å². The van der Waals surface area contributed by atoms with Gasteiger partial charge in [0.15, 0.2) is 5.82 Å². The van der Waals surface area contributed by atoms with E-state index in [0.29, 0.717) is 11.8 Å². The first kappa shape index (κ1) is 9.78. The zero-order valence-corrected chi connectivity index (χ0v) is 9.43. The topological polar surface area (TPSA) is 43.6 Å². The molecule has 0 unspecified atom stereocenters. The lowest BCUT2D eigenvalue weighted by Gasteiger charge is -2.00. The minimum Gasteiger partial charge on any atom is -0.254 e. The van der Waals surface area contributed by atoms with Crippen LogP contribution in [0.5, 0.6) is 0 Å². The summed E-state index contributed by atoms with van der Waals surface area (Å²) in [4.78, 5) is 8.45. The van der Waals surface area contributed by atoms with Crippen molar-refractivity contribution in [2.24, 2.45) is 0 Å². The van der Waals surface area contributed by atoms with Gasteiger partial charge in [0.1, 0.15) is 0 Å². The van der Waals surface area contributed by atoms with Crippen LogP contribution in [0.3, 0.4) is 0 Å². The van der Waals surface area contributed by atoms with Crippen molar-refractivity contribution in [2.75, 3.05) is 0 Å². The molecule has 5 heteroatoms. The van der Waals surface area contributed by atoms with Crippen LogP contribution < -0.4 is 0 Å². The molecule has 3 rings (SSSR count). The van der Waals surface area contributed by atoms with Crippen LogP contribution in [0, 0.1) is 0 Å². The third kappa shape index (κ3) is 1.80. The maximum absolute atomic E-state index is 5.65. The molecule has 2 aromatic rings. The van der Waals surface area contributed by atoms with E-state index in [1.165, 1.54) is 12.8 Å². The van der Waals surface area contributed by atoms with Crippen LogP contribution in [0.4, 0.5) is 0 Å². The largest absolute Gasteiger partial charge is 0.254 e. The summed E-state index contributed by atoms with van der Waals surface area (Å²) in [6, 6.07) is 2.05. The molecule has 0 N–H and O–H groups in total. The van der Waals surface area contributed by atoms with Gasteiger partial charge in [-0.25, -0.2) is 9.67 Å². The summed E-state index contributed by atoms with van der Waals surface area (Å²) < 4.78 is 1.76. The van der Waals surface area contributed by atoms with E-state index >= 15 is 0 Å². The number of halogens is 1. The Morgan fingerprint density at radius 3 is 2.81 bits per heavy atom. The summed E-state index contributed by atoms with van der Waals surface area (Å²) in [5.41, 5.74) is 1.93. The van der Waals surface area contributed by atoms with Gasteiger partial charge in [-0.2, -0.15) is 5.10 Å². The zero-order valence-electron chi connectivity index (χ0n) is 8.67. The first-order valence-corrected chi connectivity index (χ1v) is 5.83. The number of rotatable bonds is 3. The third-order valence-corrected chi connectivity index (χ3v) is 2.94. The smallest absolute Gasteiger partial charge is 0.171 e. The molecular formula is C11H11ClN4. The minimum absolute atomic E-state index is 0.389. The number of hydrogen-bond donors (Lipinski definition) is 0. The molecule has 1 saturated carbocycles. The minimum atomic E-state index is 0.389. The van der Waals surface area contributed by atoms with Gasteiger partial charge in [0, 0.05) is 12.1 Å². The van der Waals surface area contributed by atoms with Crippen molar-refractivity contribution < 1.29 is 0 Å². The maximum atomic E-state index is 5.65. The molecule has 16 heavy (non-hydrogen) atoms. The number of aromatic nitrogens is 4. The van der Waals surface area contributed by atoms with Gasteiger partial charge in [-0.15, -0.1) is 11.6 Å². The van der Waals surface area contributed by atoms with Crippen LogP contribution >= 0.6 is 11.6 Å². The molecule has 0 bridgehead atoms. The Labute approximate surface area is 98.3 Å². The average Bonchev–Trinajstić information content (AvgIpc) is 3.08. The van der Waals surface area contributed by atoms with E-state index in [-0.39, 0.29) is 0 Å². The monoisotopic (exact) mass is 234 g/mol. The Balaban J connectivity index is 1.88. The lowest BCUT2D eigenvalue weighted by atomic mass is 10.3. The molecule has 0 atom stereocenters. The number of alkyl halides is 1. The lowest BCUT2D eigenvalue weighted by Crippen LogP contribution is -2.00. The van der Waals surface area contributed by atoms with Crippen LogP contribution in [0.2, 0.25) is 0 Å². The first-order valence-electron chi connectivity index (χ1n) is 5.29. The zero-order chi connectivity index (χ0) is 11.0. The van der Waals surface area contributed by atoms with Gasteiger partial charge in [-0.1, -0.05) is 0 Å². The van der Waals surface area contributed by atoms with Gasteiger partial charge in [-0.3, -0.25) is 4.98 Å². The van der Waals surface area contributed by atoms with Crippen LogP contribution in [0.25, 0.3) is 5.82 Å². The van der Waals surface area contributed by atoms with E-state index in [4.69, 9.17) is 11.6 Å². The van der Waals surface area contributed by atoms with Gasteiger partial charge < -0.3 is 0 Å². The Bertz CT molecular complexity index is 487. The van der Waals surface area contributed by atoms with E-state index in [0.717, 1.165) is 17.2 Å². The highest BCUT2D eigenvalue weighted by Gasteiger charge is 2.25. The van der Waals surface area contributed by atoms with Crippen molar-refractivity contribution in [3.05, 3.63) is 36.0 Å². The van der Waals surface area contributed by atoms with Crippen LogP contribution in [0.15, 0.2) is 24.7 Å². The average molecular weight is 235 g/mol. The molecule has 0 aromatic carbocycles. The van der Waals surface area contributed by atoms with Crippen molar-refractivity contribution in [2.45, 2.75) is 24.6 Å². The second-order valence-corrected chi connectivity index (χ2v) is 4.23. The van der Waals surface area contributed by atoms with Crippen molar-refractivity contribution in [3.8, 4) is 5.82 Å². The Hall–Kier alpha value is -1.42. The fraction of sp³-hybridized carbons (Fsp3) is 0.364. The Morgan fingerprint density at radius 2 is 2.19 bits per heavy atom. The molecular weight excluding hydrogens is 224 g/mol. The highest BCUT2D eigenvalue weighted by atomic mass is 35.5. The molecule has 0 saturated heterocycles. The van der Waals surface area contributed by atoms with E-state index < -0.39 is 0 Å². The number of hydrogen-bond acceptors (Lipinski definition) is 3. The SMILES string of the molecule is ClCc1cnc(-n2ccc(C3CC3)n2)cn1. The molecule has 0 spiro atoms. The van der Waals surface area contributed by atoms with Crippen LogP contribution in [-0.2, 0) is 5.88 Å². The highest BCUT2D eigenvalue weighted by Crippen LogP contribution is 2.38. The molecule has 4 nitrogen and oxygen atoms in total. The molecule has 0 radical (unpaired) electrons. The summed E-state index contributed by atoms with van der Waals surface area (Å²) >= 11 is 5.65. The van der Waals surface area contributed by atoms with E-state index in [1.807, 2.05) is 6.20 Å². The maximum Gasteiger partial charge on any atom is 0.171 e. The van der Waals surface area contributed by atoms with E-state index in [1.54, 1.807) is 17.1 Å². The third-order valence-electron chi connectivity index (χ3n) is 2.67. The van der Waals surface area contributed by atoms with E-state index in [9.17, 15) is 0 Å². The van der Waals surface area contributed by atoms with Crippen LogP contribution in [-0.4, -0.2) is 19.7 Å². The predicted molar refractivity (Wildman–Crippen MR) is 60.7 cm³/mol. The van der Waals surface area contributed by atoms with Crippen molar-refractivity contribution >= 4 is 11.6 Å². The standard InChI is InChI=1S/C11H11ClN4/c12-5-9-6-14-11(7-13-9)16-4-3-10(15-16)8-1-2-8/h3-4,6-8H,1-2,5H2. The quantitative estimate of drug-likeness (QED) is 0.766. The molecule has 82 valence electrons. The van der Waals surface area contributed by atoms with Gasteiger partial charge >= 0.3 is 0 Å². The predicted octanol–water partition coefficient (Wildman–Crippen LogP) is 2.28. The van der Waals surface area contributed by atoms with Crippen LogP contribution in [0.1, 0.15) is 30.1 Å². The van der Waals surface area contributed by atoms with Crippen molar-refractivity contribution in [1.29, 1.82) is 0 Å². The summed E-state index contributed by atoms with van der Waals surface area (Å²) in [5, 5.41) is 4.48. The second-order valence-electron chi connectivity index (χ2n) is 3.96. The lowest BCUT2D eigenvalue weighted by molar-refractivity contribution is 0.803.